The van der Waals surface area contributed by atoms with E-state index in [0.29, 0.717) is 5.41 Å². The lowest BCUT2D eigenvalue weighted by atomic mass is 9.79. The van der Waals surface area contributed by atoms with Crippen molar-refractivity contribution in [2.24, 2.45) is 5.41 Å². The normalized spacial score (nSPS) is 18.1. The van der Waals surface area contributed by atoms with E-state index in [1.165, 1.54) is 110 Å². The first-order chi connectivity index (χ1) is 12.1. The van der Waals surface area contributed by atoms with E-state index in [-0.39, 0.29) is 0 Å². The zero-order chi connectivity index (χ0) is 18.4. The van der Waals surface area contributed by atoms with Crippen LogP contribution in [0.25, 0.3) is 0 Å². The summed E-state index contributed by atoms with van der Waals surface area (Å²) in [5.41, 5.74) is 0.526. The van der Waals surface area contributed by atoms with Gasteiger partial charge in [-0.1, -0.05) is 85.0 Å². The van der Waals surface area contributed by atoms with Crippen LogP contribution in [-0.2, 0) is 0 Å². The van der Waals surface area contributed by atoms with Crippen molar-refractivity contribution in [2.75, 3.05) is 26.7 Å². The molecule has 0 aromatic carbocycles. The minimum Gasteiger partial charge on any atom is -0.319 e. The van der Waals surface area contributed by atoms with Crippen molar-refractivity contribution in [1.29, 1.82) is 0 Å². The highest BCUT2D eigenvalue weighted by Gasteiger charge is 2.31. The number of rotatable bonds is 15. The maximum absolute atomic E-state index is 3.41. The predicted molar refractivity (Wildman–Crippen MR) is 113 cm³/mol. The van der Waals surface area contributed by atoms with Crippen molar-refractivity contribution < 1.29 is 0 Å². The number of nitrogens with one attached hydrogen (secondary N) is 1. The predicted octanol–water partition coefficient (Wildman–Crippen LogP) is 6.40. The number of hydrogen-bond acceptors (Lipinski definition) is 2. The van der Waals surface area contributed by atoms with Gasteiger partial charge in [-0.2, -0.15) is 0 Å². The maximum Gasteiger partial charge on any atom is 0.00952 e. The van der Waals surface area contributed by atoms with Gasteiger partial charge >= 0.3 is 0 Å². The summed E-state index contributed by atoms with van der Waals surface area (Å²) in [5.74, 6) is 0. The second-order valence-electron chi connectivity index (χ2n) is 8.94. The smallest absolute Gasteiger partial charge is 0.00952 e. The third-order valence-corrected chi connectivity index (χ3v) is 6.41. The molecule has 1 rings (SSSR count). The Balaban J connectivity index is 2.38. The Morgan fingerprint density at radius 1 is 0.800 bits per heavy atom. The molecule has 2 nitrogen and oxygen atoms in total. The first-order valence-electron chi connectivity index (χ1n) is 11.5. The molecule has 0 amide bonds. The van der Waals surface area contributed by atoms with Crippen molar-refractivity contribution >= 4 is 0 Å². The van der Waals surface area contributed by atoms with Crippen LogP contribution in [0.2, 0.25) is 0 Å². The highest BCUT2D eigenvalue weighted by Crippen LogP contribution is 2.32. The van der Waals surface area contributed by atoms with E-state index in [0.717, 1.165) is 6.04 Å². The van der Waals surface area contributed by atoms with E-state index in [2.05, 4.69) is 38.0 Å². The van der Waals surface area contributed by atoms with Gasteiger partial charge in [-0.3, -0.25) is 0 Å². The molecule has 0 aliphatic carbocycles. The van der Waals surface area contributed by atoms with Crippen LogP contribution in [0.15, 0.2) is 0 Å². The third kappa shape index (κ3) is 9.99. The molecule has 25 heavy (non-hydrogen) atoms. The molecule has 0 unspecified atom stereocenters. The second kappa shape index (κ2) is 14.0. The monoisotopic (exact) mass is 352 g/mol. The molecule has 1 fully saturated rings. The Kier molecular flexibility index (Phi) is 12.9. The zero-order valence-electron chi connectivity index (χ0n) is 18.0. The zero-order valence-corrected chi connectivity index (χ0v) is 18.0. The number of hydrogen-bond donors (Lipinski definition) is 1. The van der Waals surface area contributed by atoms with Crippen molar-refractivity contribution in [3.8, 4) is 0 Å². The molecule has 0 bridgehead atoms. The molecular weight excluding hydrogens is 304 g/mol. The molecular formula is C23H48N2. The molecule has 0 aromatic heterocycles. The van der Waals surface area contributed by atoms with E-state index in [1.54, 1.807) is 0 Å². The molecule has 1 heterocycles. The fourth-order valence-corrected chi connectivity index (χ4v) is 4.51. The molecule has 0 saturated carbocycles. The minimum atomic E-state index is 0.526. The van der Waals surface area contributed by atoms with Crippen LogP contribution in [-0.4, -0.2) is 37.6 Å². The summed E-state index contributed by atoms with van der Waals surface area (Å²) in [6, 6.07) is 0.863. The van der Waals surface area contributed by atoms with Gasteiger partial charge in [0.1, 0.15) is 0 Å². The van der Waals surface area contributed by atoms with Gasteiger partial charge in [0.15, 0.2) is 0 Å². The summed E-state index contributed by atoms with van der Waals surface area (Å²) in [4.78, 5) is 2.86. The van der Waals surface area contributed by atoms with Crippen LogP contribution in [0, 0.1) is 5.41 Å². The summed E-state index contributed by atoms with van der Waals surface area (Å²) in [7, 11) is 2.10. The molecule has 0 radical (unpaired) electrons. The van der Waals surface area contributed by atoms with Crippen molar-refractivity contribution in [3.63, 3.8) is 0 Å². The lowest BCUT2D eigenvalue weighted by Gasteiger charge is -2.43. The molecule has 0 spiro atoms. The third-order valence-electron chi connectivity index (χ3n) is 6.41. The highest BCUT2D eigenvalue weighted by atomic mass is 15.2. The van der Waals surface area contributed by atoms with Crippen LogP contribution in [0.3, 0.4) is 0 Å². The lowest BCUT2D eigenvalue weighted by Crippen LogP contribution is -2.47. The molecule has 1 aliphatic rings. The van der Waals surface area contributed by atoms with E-state index in [1.807, 2.05) is 0 Å². The van der Waals surface area contributed by atoms with Crippen molar-refractivity contribution in [2.45, 2.75) is 117 Å². The minimum absolute atomic E-state index is 0.526. The Labute approximate surface area is 159 Å². The van der Waals surface area contributed by atoms with Gasteiger partial charge in [-0.25, -0.2) is 0 Å². The highest BCUT2D eigenvalue weighted by molar-refractivity contribution is 4.86. The van der Waals surface area contributed by atoms with Gasteiger partial charge < -0.3 is 10.2 Å². The molecule has 150 valence electrons. The fraction of sp³-hybridized carbons (Fsp3) is 1.00. The summed E-state index contributed by atoms with van der Waals surface area (Å²) < 4.78 is 0. The largest absolute Gasteiger partial charge is 0.319 e. The number of piperidine rings is 1. The standard InChI is InChI=1S/C23H48N2/c1-5-7-9-11-13-15-22(16-14-12-10-8-6-2)25-19-17-23(3,18-20-25)21-24-4/h22,24H,5-21H2,1-4H3. The first kappa shape index (κ1) is 23.0. The number of nitrogens with zero attached hydrogens (tertiary/aromatic N) is 1. The molecule has 1 aliphatic heterocycles. The van der Waals surface area contributed by atoms with Crippen molar-refractivity contribution in [3.05, 3.63) is 0 Å². The average molecular weight is 353 g/mol. The van der Waals surface area contributed by atoms with Gasteiger partial charge in [0.2, 0.25) is 0 Å². The van der Waals surface area contributed by atoms with Gasteiger partial charge in [-0.15, -0.1) is 0 Å². The van der Waals surface area contributed by atoms with E-state index < -0.39 is 0 Å². The van der Waals surface area contributed by atoms with Crippen LogP contribution < -0.4 is 5.32 Å². The summed E-state index contributed by atoms with van der Waals surface area (Å²) in [6.45, 7) is 10.9. The van der Waals surface area contributed by atoms with Crippen LogP contribution >= 0.6 is 0 Å². The topological polar surface area (TPSA) is 15.3 Å². The molecule has 0 aromatic rings. The van der Waals surface area contributed by atoms with Crippen LogP contribution in [0.4, 0.5) is 0 Å². The maximum atomic E-state index is 3.41. The van der Waals surface area contributed by atoms with Crippen LogP contribution in [0.1, 0.15) is 111 Å². The fourth-order valence-electron chi connectivity index (χ4n) is 4.51. The number of unbranched alkanes of at least 4 members (excludes halogenated alkanes) is 8. The molecule has 1 N–H and O–H groups in total. The van der Waals surface area contributed by atoms with Crippen LogP contribution in [0.5, 0.6) is 0 Å². The average Bonchev–Trinajstić information content (AvgIpc) is 2.60. The quantitative estimate of drug-likeness (QED) is 0.343. The van der Waals surface area contributed by atoms with E-state index in [4.69, 9.17) is 0 Å². The number of likely N-dealkylation sites (tertiary alicyclic amines) is 1. The Bertz CT molecular complexity index is 280. The first-order valence-corrected chi connectivity index (χ1v) is 11.5. The van der Waals surface area contributed by atoms with E-state index >= 15 is 0 Å². The van der Waals surface area contributed by atoms with Gasteiger partial charge in [0.05, 0.1) is 0 Å². The summed E-state index contributed by atoms with van der Waals surface area (Å²) >= 11 is 0. The molecule has 2 heteroatoms. The Morgan fingerprint density at radius 3 is 1.72 bits per heavy atom. The molecule has 1 saturated heterocycles. The Morgan fingerprint density at radius 2 is 1.28 bits per heavy atom. The SMILES string of the molecule is CCCCCCCC(CCCCCCC)N1CCC(C)(CNC)CC1. The van der Waals surface area contributed by atoms with Gasteiger partial charge in [-0.05, 0) is 51.2 Å². The summed E-state index contributed by atoms with van der Waals surface area (Å²) in [5, 5.41) is 3.41. The molecule has 0 atom stereocenters. The van der Waals surface area contributed by atoms with Gasteiger partial charge in [0, 0.05) is 12.6 Å². The second-order valence-corrected chi connectivity index (χ2v) is 8.94. The lowest BCUT2D eigenvalue weighted by molar-refractivity contribution is 0.0742. The Hall–Kier alpha value is -0.0800. The van der Waals surface area contributed by atoms with Crippen molar-refractivity contribution in [1.82, 2.24) is 10.2 Å². The summed E-state index contributed by atoms with van der Waals surface area (Å²) in [6.07, 6.45) is 19.9. The van der Waals surface area contributed by atoms with Gasteiger partial charge in [0.25, 0.3) is 0 Å². The van der Waals surface area contributed by atoms with E-state index in [9.17, 15) is 0 Å².